The molecule has 0 saturated heterocycles. The average Bonchev–Trinajstić information content (AvgIpc) is 2.53. The van der Waals surface area contributed by atoms with E-state index in [1.54, 1.807) is 32.2 Å². The molecule has 0 spiro atoms. The molecule has 0 aliphatic heterocycles. The first-order valence-corrected chi connectivity index (χ1v) is 6.84. The molecule has 0 atom stereocenters. The number of hydrogen-bond donors (Lipinski definition) is 2. The molecule has 0 aromatic heterocycles. The van der Waals surface area contributed by atoms with Crippen LogP contribution in [0.2, 0.25) is 0 Å². The maximum Gasteiger partial charge on any atom is 0.244 e. The molecule has 2 rings (SSSR count). The zero-order valence-corrected chi connectivity index (χ0v) is 12.5. The number of hydrazone groups is 1. The molecule has 5 heteroatoms. The number of aromatic hydroxyl groups is 1. The van der Waals surface area contributed by atoms with Crippen molar-refractivity contribution in [1.82, 2.24) is 5.43 Å². The Morgan fingerprint density at radius 1 is 1.23 bits per heavy atom. The Morgan fingerprint density at radius 3 is 2.59 bits per heavy atom. The van der Waals surface area contributed by atoms with Crippen LogP contribution in [0.4, 0.5) is 0 Å². The molecule has 0 heterocycles. The van der Waals surface area contributed by atoms with E-state index in [2.05, 4.69) is 10.5 Å². The number of benzene rings is 2. The summed E-state index contributed by atoms with van der Waals surface area (Å²) in [7, 11) is 1.60. The van der Waals surface area contributed by atoms with Crippen LogP contribution in [-0.2, 0) is 11.2 Å². The number of methoxy groups -OCH3 is 1. The number of hydrogen-bond acceptors (Lipinski definition) is 4. The summed E-state index contributed by atoms with van der Waals surface area (Å²) in [6, 6.07) is 14.0. The monoisotopic (exact) mass is 298 g/mol. The minimum atomic E-state index is -0.204. The third-order valence-corrected chi connectivity index (χ3v) is 3.14. The van der Waals surface area contributed by atoms with Gasteiger partial charge in [-0.1, -0.05) is 24.3 Å². The molecule has 114 valence electrons. The summed E-state index contributed by atoms with van der Waals surface area (Å²) in [6.45, 7) is 1.77. The van der Waals surface area contributed by atoms with Crippen LogP contribution in [0.5, 0.6) is 11.5 Å². The Labute approximate surface area is 129 Å². The molecule has 0 bridgehead atoms. The SMILES string of the molecule is COc1ccc(CC(=O)N/N=C(\C)c2cccc(O)c2)cc1. The van der Waals surface area contributed by atoms with E-state index >= 15 is 0 Å². The lowest BCUT2D eigenvalue weighted by Crippen LogP contribution is -2.21. The van der Waals surface area contributed by atoms with Crippen molar-refractivity contribution in [3.05, 3.63) is 59.7 Å². The van der Waals surface area contributed by atoms with Gasteiger partial charge in [-0.2, -0.15) is 5.10 Å². The lowest BCUT2D eigenvalue weighted by molar-refractivity contribution is -0.120. The average molecular weight is 298 g/mol. The summed E-state index contributed by atoms with van der Waals surface area (Å²) in [5.74, 6) is 0.711. The molecule has 2 N–H and O–H groups in total. The van der Waals surface area contributed by atoms with Crippen LogP contribution in [0.1, 0.15) is 18.1 Å². The van der Waals surface area contributed by atoms with Gasteiger partial charge in [0.2, 0.25) is 5.91 Å². The van der Waals surface area contributed by atoms with Crippen LogP contribution in [0.15, 0.2) is 53.6 Å². The molecule has 0 fully saturated rings. The molecule has 0 aliphatic rings. The third-order valence-electron chi connectivity index (χ3n) is 3.14. The van der Waals surface area contributed by atoms with E-state index in [9.17, 15) is 9.90 Å². The maximum atomic E-state index is 11.9. The fourth-order valence-corrected chi connectivity index (χ4v) is 1.91. The summed E-state index contributed by atoms with van der Waals surface area (Å²) in [5.41, 5.74) is 4.77. The molecule has 1 amide bonds. The molecule has 22 heavy (non-hydrogen) atoms. The molecule has 0 aliphatic carbocycles. The van der Waals surface area contributed by atoms with E-state index in [-0.39, 0.29) is 18.1 Å². The summed E-state index contributed by atoms with van der Waals surface area (Å²) < 4.78 is 5.07. The second-order valence-electron chi connectivity index (χ2n) is 4.81. The van der Waals surface area contributed by atoms with Gasteiger partial charge in [-0.05, 0) is 36.8 Å². The number of carbonyl (C=O) groups excluding carboxylic acids is 1. The Balaban J connectivity index is 1.95. The van der Waals surface area contributed by atoms with Crippen LogP contribution >= 0.6 is 0 Å². The number of phenolic OH excluding ortho intramolecular Hbond substituents is 1. The third kappa shape index (κ3) is 4.34. The number of rotatable bonds is 5. The normalized spacial score (nSPS) is 11.1. The van der Waals surface area contributed by atoms with Gasteiger partial charge in [-0.3, -0.25) is 4.79 Å². The van der Waals surface area contributed by atoms with Crippen LogP contribution in [0, 0.1) is 0 Å². The van der Waals surface area contributed by atoms with E-state index in [1.165, 1.54) is 0 Å². The summed E-state index contributed by atoms with van der Waals surface area (Å²) >= 11 is 0. The van der Waals surface area contributed by atoms with Crippen molar-refractivity contribution in [3.63, 3.8) is 0 Å². The summed E-state index contributed by atoms with van der Waals surface area (Å²) in [4.78, 5) is 11.9. The quantitative estimate of drug-likeness (QED) is 0.658. The molecular formula is C17H18N2O3. The van der Waals surface area contributed by atoms with E-state index in [1.807, 2.05) is 30.3 Å². The van der Waals surface area contributed by atoms with Crippen LogP contribution < -0.4 is 10.2 Å². The van der Waals surface area contributed by atoms with Gasteiger partial charge in [0.25, 0.3) is 0 Å². The first kappa shape index (κ1) is 15.6. The largest absolute Gasteiger partial charge is 0.508 e. The molecule has 2 aromatic rings. The van der Waals surface area contributed by atoms with Gasteiger partial charge in [0, 0.05) is 5.56 Å². The van der Waals surface area contributed by atoms with Crippen LogP contribution in [-0.4, -0.2) is 23.8 Å². The van der Waals surface area contributed by atoms with Crippen molar-refractivity contribution < 1.29 is 14.6 Å². The van der Waals surface area contributed by atoms with Gasteiger partial charge in [-0.25, -0.2) is 5.43 Å². The minimum absolute atomic E-state index is 0.164. The van der Waals surface area contributed by atoms with Gasteiger partial charge in [0.15, 0.2) is 0 Å². The lowest BCUT2D eigenvalue weighted by Gasteiger charge is -2.05. The number of ether oxygens (including phenoxy) is 1. The number of phenols is 1. The molecule has 2 aromatic carbocycles. The summed E-state index contributed by atoms with van der Waals surface area (Å²) in [6.07, 6.45) is 0.237. The highest BCUT2D eigenvalue weighted by Gasteiger charge is 2.04. The van der Waals surface area contributed by atoms with Crippen LogP contribution in [0.3, 0.4) is 0 Å². The van der Waals surface area contributed by atoms with Gasteiger partial charge < -0.3 is 9.84 Å². The predicted octanol–water partition coefficient (Wildman–Crippen LogP) is 2.48. The predicted molar refractivity (Wildman–Crippen MR) is 85.2 cm³/mol. The zero-order valence-electron chi connectivity index (χ0n) is 12.5. The molecule has 5 nitrogen and oxygen atoms in total. The highest BCUT2D eigenvalue weighted by atomic mass is 16.5. The van der Waals surface area contributed by atoms with Crippen molar-refractivity contribution in [2.24, 2.45) is 5.10 Å². The second-order valence-corrected chi connectivity index (χ2v) is 4.81. The van der Waals surface area contributed by atoms with Crippen molar-refractivity contribution >= 4 is 11.6 Å². The van der Waals surface area contributed by atoms with Gasteiger partial charge >= 0.3 is 0 Å². The molecule has 0 unspecified atom stereocenters. The highest BCUT2D eigenvalue weighted by molar-refractivity contribution is 5.99. The van der Waals surface area contributed by atoms with E-state index in [0.29, 0.717) is 5.71 Å². The Morgan fingerprint density at radius 2 is 1.95 bits per heavy atom. The number of nitrogens with one attached hydrogen (secondary N) is 1. The summed E-state index contributed by atoms with van der Waals surface area (Å²) in [5, 5.41) is 13.5. The van der Waals surface area contributed by atoms with Gasteiger partial charge in [0.05, 0.1) is 19.2 Å². The minimum Gasteiger partial charge on any atom is -0.508 e. The smallest absolute Gasteiger partial charge is 0.244 e. The van der Waals surface area contributed by atoms with Gasteiger partial charge in [0.1, 0.15) is 11.5 Å². The Bertz CT molecular complexity index is 679. The van der Waals surface area contributed by atoms with E-state index in [4.69, 9.17) is 4.74 Å². The van der Waals surface area contributed by atoms with E-state index in [0.717, 1.165) is 16.9 Å². The molecule has 0 saturated carbocycles. The first-order chi connectivity index (χ1) is 10.6. The van der Waals surface area contributed by atoms with Crippen molar-refractivity contribution in [2.45, 2.75) is 13.3 Å². The topological polar surface area (TPSA) is 70.9 Å². The fourth-order valence-electron chi connectivity index (χ4n) is 1.91. The highest BCUT2D eigenvalue weighted by Crippen LogP contribution is 2.12. The standard InChI is InChI=1S/C17H18N2O3/c1-12(14-4-3-5-15(20)11-14)18-19-17(21)10-13-6-8-16(22-2)9-7-13/h3-9,11,20H,10H2,1-2H3,(H,19,21)/b18-12+. The second kappa shape index (κ2) is 7.26. The van der Waals surface area contributed by atoms with Crippen molar-refractivity contribution in [2.75, 3.05) is 7.11 Å². The number of carbonyl (C=O) groups is 1. The van der Waals surface area contributed by atoms with Gasteiger partial charge in [-0.15, -0.1) is 0 Å². The molecule has 0 radical (unpaired) electrons. The van der Waals surface area contributed by atoms with Crippen molar-refractivity contribution in [1.29, 1.82) is 0 Å². The maximum absolute atomic E-state index is 11.9. The Hall–Kier alpha value is -2.82. The Kier molecular flexibility index (Phi) is 5.14. The van der Waals surface area contributed by atoms with E-state index < -0.39 is 0 Å². The van der Waals surface area contributed by atoms with Crippen molar-refractivity contribution in [3.8, 4) is 11.5 Å². The first-order valence-electron chi connectivity index (χ1n) is 6.84. The fraction of sp³-hybridized carbons (Fsp3) is 0.176. The number of amides is 1. The van der Waals surface area contributed by atoms with Crippen LogP contribution in [0.25, 0.3) is 0 Å². The lowest BCUT2D eigenvalue weighted by atomic mass is 10.1. The number of nitrogens with zero attached hydrogens (tertiary/aromatic N) is 1. The molecular weight excluding hydrogens is 280 g/mol. The zero-order chi connectivity index (χ0) is 15.9.